The summed E-state index contributed by atoms with van der Waals surface area (Å²) < 4.78 is 0. The molecule has 0 heterocycles. The van der Waals surface area contributed by atoms with Crippen molar-refractivity contribution in [2.45, 2.75) is 190 Å². The average molecular weight is 413 g/mol. The number of unbranched alkanes of at least 4 members (excludes halogenated alkanes) is 6. The molecule has 0 unspecified atom stereocenters. The standard InChI is InChI=1S/2C6H14.8C2H6/c2*1-3-5-6-4-2;8*1-2/h2*3-6H2,1-2H3;8*1-2H3. The van der Waals surface area contributed by atoms with E-state index in [-0.39, 0.29) is 0 Å². The number of hydrogen-bond acceptors (Lipinski definition) is 0. The third-order valence-corrected chi connectivity index (χ3v) is 1.91. The minimum absolute atomic E-state index is 1.36. The van der Waals surface area contributed by atoms with Crippen LogP contribution in [0.2, 0.25) is 0 Å². The second-order valence-electron chi connectivity index (χ2n) is 3.41. The second kappa shape index (κ2) is 285. The molecule has 0 amide bonds. The zero-order valence-electron chi connectivity index (χ0n) is 25.7. The van der Waals surface area contributed by atoms with Crippen LogP contribution in [-0.4, -0.2) is 0 Å². The van der Waals surface area contributed by atoms with Gasteiger partial charge in [-0.1, -0.05) is 190 Å². The van der Waals surface area contributed by atoms with Crippen molar-refractivity contribution in [2.75, 3.05) is 0 Å². The van der Waals surface area contributed by atoms with Crippen LogP contribution in [0.25, 0.3) is 0 Å². The molecule has 0 atom stereocenters. The zero-order valence-corrected chi connectivity index (χ0v) is 25.7. The molecule has 0 nitrogen and oxygen atoms in total. The molecule has 0 saturated carbocycles. The first-order valence-electron chi connectivity index (χ1n) is 13.8. The van der Waals surface area contributed by atoms with Crippen molar-refractivity contribution in [3.8, 4) is 0 Å². The maximum atomic E-state index is 2.23. The van der Waals surface area contributed by atoms with Crippen LogP contribution in [0.1, 0.15) is 190 Å². The molecular formula is C28H76. The second-order valence-corrected chi connectivity index (χ2v) is 3.41. The quantitative estimate of drug-likeness (QED) is 0.380. The summed E-state index contributed by atoms with van der Waals surface area (Å²) in [7, 11) is 0. The third-order valence-electron chi connectivity index (χ3n) is 1.91. The Bertz CT molecular complexity index is 32.0. The van der Waals surface area contributed by atoms with E-state index in [2.05, 4.69) is 27.7 Å². The van der Waals surface area contributed by atoms with Crippen LogP contribution < -0.4 is 0 Å². The zero-order chi connectivity index (χ0) is 25.7. The molecule has 0 N–H and O–H groups in total. The van der Waals surface area contributed by atoms with E-state index in [0.717, 1.165) is 0 Å². The highest BCUT2D eigenvalue weighted by Gasteiger charge is 1.75. The van der Waals surface area contributed by atoms with Crippen molar-refractivity contribution in [2.24, 2.45) is 0 Å². The predicted octanol–water partition coefficient (Wildman–Crippen LogP) is 13.4. The summed E-state index contributed by atoms with van der Waals surface area (Å²) >= 11 is 0. The molecule has 0 fully saturated rings. The van der Waals surface area contributed by atoms with Crippen molar-refractivity contribution in [3.05, 3.63) is 0 Å². The lowest BCUT2D eigenvalue weighted by molar-refractivity contribution is 0.702. The largest absolute Gasteiger partial charge is 0.0683 e. The summed E-state index contributed by atoms with van der Waals surface area (Å²) in [6.45, 7) is 40.9. The SMILES string of the molecule is CC.CC.CC.CC.CC.CC.CC.CC.CCCCCC.CCCCCC. The lowest BCUT2D eigenvalue weighted by Crippen LogP contribution is -1.66. The normalized spacial score (nSPS) is 5.57. The van der Waals surface area contributed by atoms with E-state index in [1.165, 1.54) is 51.4 Å². The van der Waals surface area contributed by atoms with E-state index in [1.54, 1.807) is 0 Å². The first-order chi connectivity index (χ1) is 13.8. The average Bonchev–Trinajstić information content (AvgIpc) is 2.87. The predicted molar refractivity (Wildman–Crippen MR) is 150 cm³/mol. The van der Waals surface area contributed by atoms with Gasteiger partial charge in [-0.3, -0.25) is 0 Å². The molecule has 0 aliphatic carbocycles. The number of rotatable bonds is 6. The molecule has 0 aromatic heterocycles. The van der Waals surface area contributed by atoms with Crippen LogP contribution >= 0.6 is 0 Å². The molecule has 0 bridgehead atoms. The highest BCUT2D eigenvalue weighted by molar-refractivity contribution is 4.31. The van der Waals surface area contributed by atoms with Gasteiger partial charge in [0.1, 0.15) is 0 Å². The summed E-state index contributed by atoms with van der Waals surface area (Å²) in [4.78, 5) is 0. The molecule has 0 aromatic carbocycles. The lowest BCUT2D eigenvalue weighted by Gasteiger charge is -1.86. The Morgan fingerprint density at radius 1 is 0.214 bits per heavy atom. The van der Waals surface area contributed by atoms with E-state index in [9.17, 15) is 0 Å². The molecule has 28 heavy (non-hydrogen) atoms. The van der Waals surface area contributed by atoms with Crippen molar-refractivity contribution in [3.63, 3.8) is 0 Å². The van der Waals surface area contributed by atoms with E-state index >= 15 is 0 Å². The smallest absolute Gasteiger partial charge is 0.0536 e. The molecule has 0 spiro atoms. The third kappa shape index (κ3) is 451. The van der Waals surface area contributed by atoms with Crippen molar-refractivity contribution in [1.29, 1.82) is 0 Å². The minimum Gasteiger partial charge on any atom is -0.0683 e. The molecule has 0 aliphatic rings. The van der Waals surface area contributed by atoms with Gasteiger partial charge in [0.25, 0.3) is 0 Å². The van der Waals surface area contributed by atoms with Gasteiger partial charge in [-0.15, -0.1) is 0 Å². The van der Waals surface area contributed by atoms with Crippen LogP contribution in [-0.2, 0) is 0 Å². The Hall–Kier alpha value is 0. The number of hydrogen-bond donors (Lipinski definition) is 0. The summed E-state index contributed by atoms with van der Waals surface area (Å²) in [5, 5.41) is 0. The molecule has 0 rings (SSSR count). The van der Waals surface area contributed by atoms with E-state index in [1.807, 2.05) is 111 Å². The van der Waals surface area contributed by atoms with Gasteiger partial charge in [-0.2, -0.15) is 0 Å². The van der Waals surface area contributed by atoms with Crippen LogP contribution in [0.5, 0.6) is 0 Å². The highest BCUT2D eigenvalue weighted by atomic mass is 13.8. The van der Waals surface area contributed by atoms with E-state index in [4.69, 9.17) is 0 Å². The molecule has 0 heteroatoms. The van der Waals surface area contributed by atoms with Gasteiger partial charge < -0.3 is 0 Å². The van der Waals surface area contributed by atoms with Crippen molar-refractivity contribution < 1.29 is 0 Å². The fourth-order valence-electron chi connectivity index (χ4n) is 1.000. The Labute approximate surface area is 190 Å². The fraction of sp³-hybridized carbons (Fsp3) is 1.00. The van der Waals surface area contributed by atoms with Gasteiger partial charge in [0.2, 0.25) is 0 Å². The Balaban J connectivity index is -0.0000000172. The maximum absolute atomic E-state index is 2.23. The van der Waals surface area contributed by atoms with Gasteiger partial charge in [-0.05, 0) is 0 Å². The van der Waals surface area contributed by atoms with Gasteiger partial charge in [0.05, 0.1) is 0 Å². The van der Waals surface area contributed by atoms with Crippen LogP contribution in [0, 0.1) is 0 Å². The van der Waals surface area contributed by atoms with Gasteiger partial charge in [0.15, 0.2) is 0 Å². The maximum Gasteiger partial charge on any atom is -0.0536 e. The summed E-state index contributed by atoms with van der Waals surface area (Å²) in [6.07, 6.45) is 11.1. The fourth-order valence-corrected chi connectivity index (χ4v) is 1.000. The van der Waals surface area contributed by atoms with Crippen molar-refractivity contribution in [1.82, 2.24) is 0 Å². The highest BCUT2D eigenvalue weighted by Crippen LogP contribution is 1.95. The molecule has 0 aliphatic heterocycles. The first kappa shape index (κ1) is 63.0. The molecule has 0 radical (unpaired) electrons. The van der Waals surface area contributed by atoms with Gasteiger partial charge >= 0.3 is 0 Å². The Morgan fingerprint density at radius 3 is 0.321 bits per heavy atom. The van der Waals surface area contributed by atoms with Gasteiger partial charge in [-0.25, -0.2) is 0 Å². The summed E-state index contributed by atoms with van der Waals surface area (Å²) in [6, 6.07) is 0. The Morgan fingerprint density at radius 2 is 0.286 bits per heavy atom. The van der Waals surface area contributed by atoms with E-state index < -0.39 is 0 Å². The molecule has 0 aromatic rings. The van der Waals surface area contributed by atoms with Crippen LogP contribution in [0.3, 0.4) is 0 Å². The lowest BCUT2D eigenvalue weighted by atomic mass is 10.2. The van der Waals surface area contributed by atoms with Crippen LogP contribution in [0.15, 0.2) is 0 Å². The van der Waals surface area contributed by atoms with Crippen LogP contribution in [0.4, 0.5) is 0 Å². The van der Waals surface area contributed by atoms with Crippen molar-refractivity contribution >= 4 is 0 Å². The van der Waals surface area contributed by atoms with E-state index in [0.29, 0.717) is 0 Å². The first-order valence-corrected chi connectivity index (χ1v) is 13.8. The summed E-state index contributed by atoms with van der Waals surface area (Å²) in [5.41, 5.74) is 0. The monoisotopic (exact) mass is 413 g/mol. The molecular weight excluding hydrogens is 336 g/mol. The minimum atomic E-state index is 1.36. The Kier molecular flexibility index (Phi) is 642. The summed E-state index contributed by atoms with van der Waals surface area (Å²) in [5.74, 6) is 0. The molecule has 0 saturated heterocycles. The topological polar surface area (TPSA) is 0 Å². The molecule has 188 valence electrons. The van der Waals surface area contributed by atoms with Gasteiger partial charge in [0, 0.05) is 0 Å².